The lowest BCUT2D eigenvalue weighted by atomic mass is 10.1. The number of carbonyl (C=O) groups excluding carboxylic acids is 1. The maximum atomic E-state index is 12.7. The van der Waals surface area contributed by atoms with E-state index in [0.717, 1.165) is 14.1 Å². The Morgan fingerprint density at radius 1 is 1.21 bits per heavy atom. The van der Waals surface area contributed by atoms with Crippen LogP contribution in [0.25, 0.3) is 22.6 Å². The highest BCUT2D eigenvalue weighted by Crippen LogP contribution is 2.18. The summed E-state index contributed by atoms with van der Waals surface area (Å²) in [4.78, 5) is 57.8. The van der Waals surface area contributed by atoms with Crippen LogP contribution in [0.1, 0.15) is 5.56 Å². The van der Waals surface area contributed by atoms with Gasteiger partial charge in [0.25, 0.3) is 5.56 Å². The smallest absolute Gasteiger partial charge is 0.435 e. The minimum Gasteiger partial charge on any atom is -0.435 e. The minimum absolute atomic E-state index is 0.00123. The quantitative estimate of drug-likeness (QED) is 0.225. The molecule has 0 aliphatic rings. The summed E-state index contributed by atoms with van der Waals surface area (Å²) in [6.07, 6.45) is -1.42. The zero-order valence-corrected chi connectivity index (χ0v) is 15.5. The predicted octanol–water partition coefficient (Wildman–Crippen LogP) is -0.355. The van der Waals surface area contributed by atoms with E-state index >= 15 is 0 Å². The number of hydrogen-bond donors (Lipinski definition) is 5. The summed E-state index contributed by atoms with van der Waals surface area (Å²) in [5, 5.41) is 16.5. The van der Waals surface area contributed by atoms with E-state index in [2.05, 4.69) is 15.0 Å². The topological polar surface area (TPSA) is 188 Å². The predicted molar refractivity (Wildman–Crippen MR) is 103 cm³/mol. The number of carboxylic acid groups (broad SMARTS) is 1. The average Bonchev–Trinajstić information content (AvgIpc) is 3.08. The number of imidazole rings is 1. The molecule has 1 aromatic carbocycles. The van der Waals surface area contributed by atoms with Crippen molar-refractivity contribution in [1.82, 2.24) is 19.5 Å². The van der Waals surface area contributed by atoms with Crippen molar-refractivity contribution < 1.29 is 19.2 Å². The lowest BCUT2D eigenvalue weighted by Gasteiger charge is -2.19. The molecule has 2 aromatic heterocycles. The Bertz CT molecular complexity index is 1260. The van der Waals surface area contributed by atoms with Crippen LogP contribution >= 0.6 is 0 Å². The third kappa shape index (κ3) is 3.43. The summed E-state index contributed by atoms with van der Waals surface area (Å²) in [5.41, 5.74) is 4.79. The first kappa shape index (κ1) is 19.7. The standard InChI is InChI=1S/C17H17N7O5/c1-24(2,17(28)29)10(25)7-23-15(26)11-14(22-16(23)27)21-13(20-11)9-5-3-8(4-6-9)12(18)19/h3-6H,7H2,1-2H3,(H5-,18,19,20,21,22,26,27,28,29)/p+1. The van der Waals surface area contributed by atoms with Gasteiger partial charge in [-0.15, -0.1) is 0 Å². The Hall–Kier alpha value is -4.06. The van der Waals surface area contributed by atoms with E-state index in [4.69, 9.17) is 16.2 Å². The fraction of sp³-hybridized carbons (Fsp3) is 0.176. The van der Waals surface area contributed by atoms with Crippen molar-refractivity contribution in [2.45, 2.75) is 6.54 Å². The highest BCUT2D eigenvalue weighted by atomic mass is 16.4. The van der Waals surface area contributed by atoms with Gasteiger partial charge in [-0.2, -0.15) is 9.28 Å². The number of nitrogens with zero attached hydrogens (tertiary/aromatic N) is 3. The number of benzene rings is 1. The molecule has 0 spiro atoms. The van der Waals surface area contributed by atoms with Gasteiger partial charge in [-0.1, -0.05) is 24.3 Å². The molecule has 0 radical (unpaired) electrons. The van der Waals surface area contributed by atoms with Crippen molar-refractivity contribution in [2.75, 3.05) is 14.1 Å². The average molecular weight is 400 g/mol. The number of hydrogen-bond acceptors (Lipinski definition) is 6. The van der Waals surface area contributed by atoms with E-state index in [-0.39, 0.29) is 22.8 Å². The molecule has 0 atom stereocenters. The lowest BCUT2D eigenvalue weighted by molar-refractivity contribution is -0.738. The molecule has 3 rings (SSSR count). The Morgan fingerprint density at radius 2 is 1.83 bits per heavy atom. The zero-order chi connectivity index (χ0) is 21.5. The van der Waals surface area contributed by atoms with Crippen molar-refractivity contribution in [3.8, 4) is 11.4 Å². The molecular weight excluding hydrogens is 382 g/mol. The molecule has 0 bridgehead atoms. The number of imide groups is 1. The number of aromatic amines is 2. The monoisotopic (exact) mass is 400 g/mol. The van der Waals surface area contributed by atoms with Gasteiger partial charge in [0.05, 0.1) is 14.1 Å². The number of amidine groups is 1. The fourth-order valence-corrected chi connectivity index (χ4v) is 2.52. The number of fused-ring (bicyclic) bond motifs is 1. The third-order valence-electron chi connectivity index (χ3n) is 4.50. The lowest BCUT2D eigenvalue weighted by Crippen LogP contribution is -2.53. The summed E-state index contributed by atoms with van der Waals surface area (Å²) in [5.74, 6) is -0.668. The normalized spacial score (nSPS) is 11.5. The zero-order valence-electron chi connectivity index (χ0n) is 15.5. The van der Waals surface area contributed by atoms with Crippen LogP contribution in [0.2, 0.25) is 0 Å². The molecule has 150 valence electrons. The van der Waals surface area contributed by atoms with Crippen LogP contribution in [-0.4, -0.2) is 61.0 Å². The number of rotatable bonds is 4. The van der Waals surface area contributed by atoms with Gasteiger partial charge in [-0.25, -0.2) is 19.1 Å². The molecule has 2 heterocycles. The van der Waals surface area contributed by atoms with Gasteiger partial charge in [0.2, 0.25) is 0 Å². The molecule has 3 aromatic rings. The van der Waals surface area contributed by atoms with Gasteiger partial charge in [0.1, 0.15) is 23.7 Å². The van der Waals surface area contributed by atoms with E-state index in [0.29, 0.717) is 15.7 Å². The Kier molecular flexibility index (Phi) is 4.64. The van der Waals surface area contributed by atoms with Gasteiger partial charge in [-0.05, 0) is 0 Å². The summed E-state index contributed by atoms with van der Waals surface area (Å²) < 4.78 is -0.422. The molecule has 12 heteroatoms. The Morgan fingerprint density at radius 3 is 2.38 bits per heavy atom. The maximum Gasteiger partial charge on any atom is 0.520 e. The first-order valence-electron chi connectivity index (χ1n) is 8.31. The summed E-state index contributed by atoms with van der Waals surface area (Å²) >= 11 is 0. The second-order valence-corrected chi connectivity index (χ2v) is 6.75. The van der Waals surface area contributed by atoms with Gasteiger partial charge in [0, 0.05) is 11.1 Å². The SMILES string of the molecule is C[N+](C)(C(=O)O)C(=O)Cn1c(=O)[nH]c2nc(-c3ccc(C(=N)N)cc3)[nH]c2c1=O. The molecule has 0 saturated carbocycles. The van der Waals surface area contributed by atoms with Crippen LogP contribution in [0.3, 0.4) is 0 Å². The van der Waals surface area contributed by atoms with Crippen LogP contribution in [0.4, 0.5) is 4.79 Å². The minimum atomic E-state index is -1.42. The van der Waals surface area contributed by atoms with Crippen molar-refractivity contribution >= 4 is 29.0 Å². The maximum absolute atomic E-state index is 12.7. The van der Waals surface area contributed by atoms with E-state index < -0.39 is 34.3 Å². The van der Waals surface area contributed by atoms with Gasteiger partial charge >= 0.3 is 17.7 Å². The number of amides is 2. The molecule has 6 N–H and O–H groups in total. The van der Waals surface area contributed by atoms with Gasteiger partial charge in [0.15, 0.2) is 5.65 Å². The number of quaternary nitrogens is 1. The molecule has 0 fully saturated rings. The Labute approximate surface area is 162 Å². The number of nitrogens with two attached hydrogens (primary N) is 1. The van der Waals surface area contributed by atoms with Crippen molar-refractivity contribution in [2.24, 2.45) is 5.73 Å². The second kappa shape index (κ2) is 6.83. The molecular formula is C17H18N7O5+. The molecule has 2 amide bonds. The van der Waals surface area contributed by atoms with Crippen LogP contribution in [0.15, 0.2) is 33.9 Å². The summed E-state index contributed by atoms with van der Waals surface area (Å²) in [7, 11) is 2.28. The molecule has 0 aliphatic heterocycles. The highest BCUT2D eigenvalue weighted by Gasteiger charge is 2.36. The second-order valence-electron chi connectivity index (χ2n) is 6.75. The fourth-order valence-electron chi connectivity index (χ4n) is 2.52. The number of likely N-dealkylation sites (N-methyl/N-ethyl adjacent to an activating group) is 1. The van der Waals surface area contributed by atoms with Crippen molar-refractivity contribution in [3.05, 3.63) is 50.7 Å². The number of carbonyl (C=O) groups is 2. The van der Waals surface area contributed by atoms with Crippen molar-refractivity contribution in [3.63, 3.8) is 0 Å². The summed E-state index contributed by atoms with van der Waals surface area (Å²) in [6.45, 7) is -0.717. The van der Waals surface area contributed by atoms with Crippen LogP contribution in [0.5, 0.6) is 0 Å². The van der Waals surface area contributed by atoms with Crippen molar-refractivity contribution in [1.29, 1.82) is 5.41 Å². The molecule has 0 saturated heterocycles. The highest BCUT2D eigenvalue weighted by molar-refractivity contribution is 5.95. The van der Waals surface area contributed by atoms with Gasteiger partial charge < -0.3 is 15.8 Å². The van der Waals surface area contributed by atoms with Gasteiger partial charge in [-0.3, -0.25) is 15.2 Å². The van der Waals surface area contributed by atoms with Crippen LogP contribution < -0.4 is 17.0 Å². The molecule has 12 nitrogen and oxygen atoms in total. The number of nitrogens with one attached hydrogen (secondary N) is 3. The number of nitrogen functional groups attached to an aromatic ring is 1. The van der Waals surface area contributed by atoms with Crippen LogP contribution in [0, 0.1) is 5.41 Å². The van der Waals surface area contributed by atoms with E-state index in [1.165, 1.54) is 0 Å². The number of aromatic nitrogens is 4. The molecule has 0 unspecified atom stereocenters. The Balaban J connectivity index is 2.05. The first-order chi connectivity index (χ1) is 13.5. The van der Waals surface area contributed by atoms with E-state index in [9.17, 15) is 19.2 Å². The third-order valence-corrected chi connectivity index (χ3v) is 4.50. The van der Waals surface area contributed by atoms with Crippen LogP contribution in [-0.2, 0) is 11.3 Å². The number of H-pyrrole nitrogens is 2. The summed E-state index contributed by atoms with van der Waals surface area (Å²) in [6, 6.07) is 6.50. The molecule has 0 aliphatic carbocycles. The van der Waals surface area contributed by atoms with E-state index in [1.54, 1.807) is 24.3 Å². The van der Waals surface area contributed by atoms with E-state index in [1.807, 2.05) is 0 Å². The largest absolute Gasteiger partial charge is 0.520 e. The molecule has 29 heavy (non-hydrogen) atoms. The first-order valence-corrected chi connectivity index (χ1v) is 8.31.